The molecule has 7 nitrogen and oxygen atoms in total. The van der Waals surface area contributed by atoms with E-state index in [4.69, 9.17) is 4.74 Å². The zero-order chi connectivity index (χ0) is 18.5. The molecule has 3 rings (SSSR count). The highest BCUT2D eigenvalue weighted by molar-refractivity contribution is 5.98. The molecule has 2 fully saturated rings. The van der Waals surface area contributed by atoms with Gasteiger partial charge in [-0.05, 0) is 37.1 Å². The molecule has 2 aliphatic rings. The molecule has 1 N–H and O–H groups in total. The fourth-order valence-electron chi connectivity index (χ4n) is 3.29. The fraction of sp³-hybridized carbons (Fsp3) is 0.526. The summed E-state index contributed by atoms with van der Waals surface area (Å²) in [5, 5.41) is 2.87. The number of carbonyl (C=O) groups is 3. The number of ether oxygens (including phenoxy) is 1. The van der Waals surface area contributed by atoms with Crippen molar-refractivity contribution < 1.29 is 19.1 Å². The number of carbonyl (C=O) groups excluding carboxylic acids is 3. The number of amides is 3. The second-order valence-electron chi connectivity index (χ2n) is 6.72. The summed E-state index contributed by atoms with van der Waals surface area (Å²) in [5.41, 5.74) is 1.08. The van der Waals surface area contributed by atoms with Crippen molar-refractivity contribution in [3.63, 3.8) is 0 Å². The van der Waals surface area contributed by atoms with Crippen LogP contribution in [0.1, 0.15) is 40.5 Å². The van der Waals surface area contributed by atoms with E-state index in [0.29, 0.717) is 43.9 Å². The molecule has 0 radical (unpaired) electrons. The van der Waals surface area contributed by atoms with Gasteiger partial charge >= 0.3 is 0 Å². The molecule has 1 unspecified atom stereocenters. The second-order valence-corrected chi connectivity index (χ2v) is 6.72. The van der Waals surface area contributed by atoms with E-state index in [9.17, 15) is 14.4 Å². The van der Waals surface area contributed by atoms with Crippen LogP contribution in [0.2, 0.25) is 0 Å². The first-order valence-corrected chi connectivity index (χ1v) is 9.09. The minimum atomic E-state index is -0.158. The Balaban J connectivity index is 1.52. The van der Waals surface area contributed by atoms with Crippen molar-refractivity contribution >= 4 is 17.7 Å². The summed E-state index contributed by atoms with van der Waals surface area (Å²) in [6.07, 6.45) is 2.12. The number of hydrogen-bond donors (Lipinski definition) is 1. The van der Waals surface area contributed by atoms with Gasteiger partial charge in [-0.25, -0.2) is 0 Å². The number of piperazine rings is 1. The first-order chi connectivity index (χ1) is 12.5. The van der Waals surface area contributed by atoms with Crippen molar-refractivity contribution in [3.8, 4) is 0 Å². The molecule has 0 bridgehead atoms. The molecule has 2 heterocycles. The minimum absolute atomic E-state index is 0.0375. The van der Waals surface area contributed by atoms with Crippen molar-refractivity contribution in [2.24, 2.45) is 0 Å². The standard InChI is InChI=1S/C19H25N3O4/c1-14(23)21-8-10-22(11-9-21)19(25)16-6-4-15(5-7-16)18(24)20-13-17-3-2-12-26-17/h4-7,17H,2-3,8-13H2,1H3,(H,20,24). The monoisotopic (exact) mass is 359 g/mol. The van der Waals surface area contributed by atoms with Gasteiger partial charge in [0.1, 0.15) is 0 Å². The SMILES string of the molecule is CC(=O)N1CCN(C(=O)c2ccc(C(=O)NCC3CCCO3)cc2)CC1. The lowest BCUT2D eigenvalue weighted by atomic mass is 10.1. The van der Waals surface area contributed by atoms with Crippen LogP contribution in [-0.2, 0) is 9.53 Å². The maximum atomic E-state index is 12.6. The zero-order valence-electron chi connectivity index (χ0n) is 15.1. The van der Waals surface area contributed by atoms with E-state index in [1.807, 2.05) is 0 Å². The Kier molecular flexibility index (Phi) is 5.88. The molecular weight excluding hydrogens is 334 g/mol. The van der Waals surface area contributed by atoms with Gasteiger partial charge in [0.15, 0.2) is 0 Å². The topological polar surface area (TPSA) is 79.0 Å². The van der Waals surface area contributed by atoms with Crippen LogP contribution in [0.25, 0.3) is 0 Å². The van der Waals surface area contributed by atoms with Crippen LogP contribution in [0, 0.1) is 0 Å². The minimum Gasteiger partial charge on any atom is -0.376 e. The summed E-state index contributed by atoms with van der Waals surface area (Å²) >= 11 is 0. The molecule has 7 heteroatoms. The Labute approximate surface area is 153 Å². The van der Waals surface area contributed by atoms with Crippen LogP contribution < -0.4 is 5.32 Å². The number of nitrogens with one attached hydrogen (secondary N) is 1. The maximum Gasteiger partial charge on any atom is 0.253 e. The first kappa shape index (κ1) is 18.4. The molecule has 2 aliphatic heterocycles. The Morgan fingerprint density at radius 2 is 1.65 bits per heavy atom. The fourth-order valence-corrected chi connectivity index (χ4v) is 3.29. The number of hydrogen-bond acceptors (Lipinski definition) is 4. The lowest BCUT2D eigenvalue weighted by molar-refractivity contribution is -0.130. The second kappa shape index (κ2) is 8.31. The van der Waals surface area contributed by atoms with Crippen LogP contribution in [0.4, 0.5) is 0 Å². The summed E-state index contributed by atoms with van der Waals surface area (Å²) in [4.78, 5) is 39.6. The van der Waals surface area contributed by atoms with Gasteiger partial charge in [-0.15, -0.1) is 0 Å². The molecule has 3 amide bonds. The Morgan fingerprint density at radius 3 is 2.23 bits per heavy atom. The van der Waals surface area contributed by atoms with Gasteiger partial charge in [0.25, 0.3) is 11.8 Å². The van der Waals surface area contributed by atoms with Gasteiger partial charge in [-0.2, -0.15) is 0 Å². The van der Waals surface area contributed by atoms with E-state index in [2.05, 4.69) is 5.32 Å². The Morgan fingerprint density at radius 1 is 1.04 bits per heavy atom. The summed E-state index contributed by atoms with van der Waals surface area (Å²) in [6.45, 7) is 5.00. The van der Waals surface area contributed by atoms with E-state index in [-0.39, 0.29) is 23.8 Å². The van der Waals surface area contributed by atoms with Crippen LogP contribution in [0.5, 0.6) is 0 Å². The smallest absolute Gasteiger partial charge is 0.253 e. The third-order valence-corrected chi connectivity index (χ3v) is 4.92. The summed E-state index contributed by atoms with van der Waals surface area (Å²) in [5.74, 6) is -0.190. The van der Waals surface area contributed by atoms with E-state index in [0.717, 1.165) is 19.4 Å². The molecule has 0 spiro atoms. The van der Waals surface area contributed by atoms with Crippen molar-refractivity contribution in [2.45, 2.75) is 25.9 Å². The highest BCUT2D eigenvalue weighted by Gasteiger charge is 2.23. The van der Waals surface area contributed by atoms with Crippen LogP contribution in [-0.4, -0.2) is 73.0 Å². The summed E-state index contributed by atoms with van der Waals surface area (Å²) < 4.78 is 5.49. The van der Waals surface area contributed by atoms with Crippen molar-refractivity contribution in [3.05, 3.63) is 35.4 Å². The largest absolute Gasteiger partial charge is 0.376 e. The molecule has 1 aromatic rings. The zero-order valence-corrected chi connectivity index (χ0v) is 15.1. The number of benzene rings is 1. The lowest BCUT2D eigenvalue weighted by Crippen LogP contribution is -2.50. The summed E-state index contributed by atoms with van der Waals surface area (Å²) in [6, 6.07) is 6.70. The van der Waals surface area contributed by atoms with E-state index in [1.54, 1.807) is 41.0 Å². The molecule has 0 aromatic heterocycles. The molecule has 0 aliphatic carbocycles. The Bertz CT molecular complexity index is 660. The molecule has 2 saturated heterocycles. The van der Waals surface area contributed by atoms with Gasteiger partial charge in [0.2, 0.25) is 5.91 Å². The van der Waals surface area contributed by atoms with Crippen molar-refractivity contribution in [1.82, 2.24) is 15.1 Å². The quantitative estimate of drug-likeness (QED) is 0.866. The molecule has 1 aromatic carbocycles. The van der Waals surface area contributed by atoms with Gasteiger partial charge in [0.05, 0.1) is 6.10 Å². The molecule has 26 heavy (non-hydrogen) atoms. The normalized spacial score (nSPS) is 20.1. The Hall–Kier alpha value is -2.41. The molecule has 1 atom stereocenters. The predicted molar refractivity (Wildman–Crippen MR) is 95.9 cm³/mol. The maximum absolute atomic E-state index is 12.6. The third kappa shape index (κ3) is 4.40. The third-order valence-electron chi connectivity index (χ3n) is 4.92. The van der Waals surface area contributed by atoms with Crippen LogP contribution >= 0.6 is 0 Å². The lowest BCUT2D eigenvalue weighted by Gasteiger charge is -2.34. The molecule has 140 valence electrons. The van der Waals surface area contributed by atoms with Gasteiger partial charge in [-0.3, -0.25) is 14.4 Å². The number of rotatable bonds is 4. The molecule has 0 saturated carbocycles. The van der Waals surface area contributed by atoms with E-state index < -0.39 is 0 Å². The van der Waals surface area contributed by atoms with Gasteiger partial charge < -0.3 is 19.9 Å². The van der Waals surface area contributed by atoms with Crippen molar-refractivity contribution in [1.29, 1.82) is 0 Å². The molecular formula is C19H25N3O4. The van der Waals surface area contributed by atoms with Gasteiger partial charge in [0, 0.05) is 57.4 Å². The highest BCUT2D eigenvalue weighted by atomic mass is 16.5. The van der Waals surface area contributed by atoms with Crippen LogP contribution in [0.3, 0.4) is 0 Å². The van der Waals surface area contributed by atoms with E-state index >= 15 is 0 Å². The predicted octanol–water partition coefficient (Wildman–Crippen LogP) is 0.900. The first-order valence-electron chi connectivity index (χ1n) is 9.09. The van der Waals surface area contributed by atoms with Crippen molar-refractivity contribution in [2.75, 3.05) is 39.3 Å². The highest BCUT2D eigenvalue weighted by Crippen LogP contribution is 2.12. The average molecular weight is 359 g/mol. The van der Waals surface area contributed by atoms with Gasteiger partial charge in [-0.1, -0.05) is 0 Å². The number of nitrogens with zero attached hydrogens (tertiary/aromatic N) is 2. The average Bonchev–Trinajstić information content (AvgIpc) is 3.19. The van der Waals surface area contributed by atoms with E-state index in [1.165, 1.54) is 0 Å². The summed E-state index contributed by atoms with van der Waals surface area (Å²) in [7, 11) is 0. The van der Waals surface area contributed by atoms with Crippen LogP contribution in [0.15, 0.2) is 24.3 Å².